The van der Waals surface area contributed by atoms with Gasteiger partial charge in [-0.05, 0) is 36.8 Å². The Morgan fingerprint density at radius 1 is 1.40 bits per heavy atom. The van der Waals surface area contributed by atoms with Gasteiger partial charge in [0.2, 0.25) is 0 Å². The number of anilines is 1. The highest BCUT2D eigenvalue weighted by molar-refractivity contribution is 6.03. The van der Waals surface area contributed by atoms with Gasteiger partial charge in [0.15, 0.2) is 5.69 Å². The van der Waals surface area contributed by atoms with Crippen molar-refractivity contribution in [2.24, 2.45) is 0 Å². The Hall–Kier alpha value is -2.70. The monoisotopic (exact) mass is 277 g/mol. The number of halogens is 1. The molecule has 0 aliphatic carbocycles. The second kappa shape index (κ2) is 5.52. The maximum Gasteiger partial charge on any atom is 0.325 e. The fourth-order valence-corrected chi connectivity index (χ4v) is 1.66. The lowest BCUT2D eigenvalue weighted by Gasteiger charge is -2.06. The zero-order chi connectivity index (χ0) is 14.7. The molecule has 0 radical (unpaired) electrons. The second-order valence-corrected chi connectivity index (χ2v) is 4.21. The Bertz CT molecular complexity index is 667. The first-order valence-corrected chi connectivity index (χ1v) is 5.78. The van der Waals surface area contributed by atoms with Crippen LogP contribution >= 0.6 is 0 Å². The molecule has 104 valence electrons. The van der Waals surface area contributed by atoms with Gasteiger partial charge in [-0.1, -0.05) is 0 Å². The summed E-state index contributed by atoms with van der Waals surface area (Å²) in [7, 11) is 0. The first kappa shape index (κ1) is 13.7. The predicted octanol–water partition coefficient (Wildman–Crippen LogP) is 1.67. The van der Waals surface area contributed by atoms with Gasteiger partial charge in [0, 0.05) is 11.9 Å². The normalized spacial score (nSPS) is 10.3. The Morgan fingerprint density at radius 3 is 2.80 bits per heavy atom. The molecule has 1 amide bonds. The number of carbonyl (C=O) groups is 2. The number of aryl methyl sites for hydroxylation is 1. The predicted molar refractivity (Wildman–Crippen MR) is 69.0 cm³/mol. The zero-order valence-corrected chi connectivity index (χ0v) is 10.6. The number of aliphatic carboxylic acids is 1. The molecule has 0 atom stereocenters. The van der Waals surface area contributed by atoms with E-state index in [2.05, 4.69) is 10.4 Å². The number of aromatic nitrogens is 2. The maximum atomic E-state index is 12.9. The van der Waals surface area contributed by atoms with Crippen LogP contribution in [0.4, 0.5) is 10.1 Å². The molecule has 0 spiro atoms. The highest BCUT2D eigenvalue weighted by atomic mass is 19.1. The van der Waals surface area contributed by atoms with Gasteiger partial charge in [-0.2, -0.15) is 5.10 Å². The van der Waals surface area contributed by atoms with Gasteiger partial charge in [-0.3, -0.25) is 14.3 Å². The van der Waals surface area contributed by atoms with E-state index in [1.54, 1.807) is 6.92 Å². The molecule has 1 heterocycles. The number of carboxylic acids is 1. The van der Waals surface area contributed by atoms with Crippen LogP contribution in [0.1, 0.15) is 16.1 Å². The van der Waals surface area contributed by atoms with E-state index < -0.39 is 11.9 Å². The van der Waals surface area contributed by atoms with Gasteiger partial charge in [-0.15, -0.1) is 0 Å². The number of carbonyl (C=O) groups excluding carboxylic acids is 1. The van der Waals surface area contributed by atoms with E-state index in [9.17, 15) is 14.0 Å². The largest absolute Gasteiger partial charge is 0.480 e. The number of hydrogen-bond donors (Lipinski definition) is 2. The van der Waals surface area contributed by atoms with Gasteiger partial charge in [0.05, 0.1) is 0 Å². The fourth-order valence-electron chi connectivity index (χ4n) is 1.66. The van der Waals surface area contributed by atoms with Crippen molar-refractivity contribution in [2.45, 2.75) is 13.5 Å². The summed E-state index contributed by atoms with van der Waals surface area (Å²) in [6.07, 6.45) is 1.40. The van der Waals surface area contributed by atoms with E-state index in [1.165, 1.54) is 30.5 Å². The molecule has 2 rings (SSSR count). The van der Waals surface area contributed by atoms with Crippen LogP contribution in [0.5, 0.6) is 0 Å². The van der Waals surface area contributed by atoms with Crippen LogP contribution in [0.25, 0.3) is 0 Å². The van der Waals surface area contributed by atoms with Crippen LogP contribution in [0, 0.1) is 12.7 Å². The van der Waals surface area contributed by atoms with Gasteiger partial charge in [-0.25, -0.2) is 4.39 Å². The Balaban J connectivity index is 2.11. The SMILES string of the molecule is Cc1cc(F)ccc1NC(=O)c1ccn(CC(=O)O)n1. The van der Waals surface area contributed by atoms with E-state index in [-0.39, 0.29) is 18.1 Å². The van der Waals surface area contributed by atoms with Gasteiger partial charge < -0.3 is 10.4 Å². The third-order valence-corrected chi connectivity index (χ3v) is 2.61. The van der Waals surface area contributed by atoms with Crippen LogP contribution in [-0.4, -0.2) is 26.8 Å². The quantitative estimate of drug-likeness (QED) is 0.890. The minimum absolute atomic E-state index is 0.0926. The summed E-state index contributed by atoms with van der Waals surface area (Å²) in [5.41, 5.74) is 1.16. The Kier molecular flexibility index (Phi) is 3.79. The highest BCUT2D eigenvalue weighted by Crippen LogP contribution is 2.16. The van der Waals surface area contributed by atoms with E-state index >= 15 is 0 Å². The van der Waals surface area contributed by atoms with Crippen molar-refractivity contribution < 1.29 is 19.1 Å². The van der Waals surface area contributed by atoms with Gasteiger partial charge in [0.25, 0.3) is 5.91 Å². The molecule has 7 heteroatoms. The van der Waals surface area contributed by atoms with Gasteiger partial charge >= 0.3 is 5.97 Å². The minimum Gasteiger partial charge on any atom is -0.480 e. The topological polar surface area (TPSA) is 84.2 Å². The first-order chi connectivity index (χ1) is 9.45. The number of nitrogens with zero attached hydrogens (tertiary/aromatic N) is 2. The molecule has 2 N–H and O–H groups in total. The average molecular weight is 277 g/mol. The molecular weight excluding hydrogens is 265 g/mol. The maximum absolute atomic E-state index is 12.9. The molecular formula is C13H12FN3O3. The molecule has 0 unspecified atom stereocenters. The summed E-state index contributed by atoms with van der Waals surface area (Å²) in [5, 5.41) is 15.1. The second-order valence-electron chi connectivity index (χ2n) is 4.21. The van der Waals surface area contributed by atoms with Crippen LogP contribution in [0.2, 0.25) is 0 Å². The number of carboxylic acid groups (broad SMARTS) is 1. The molecule has 0 bridgehead atoms. The van der Waals surface area contributed by atoms with E-state index in [0.29, 0.717) is 11.3 Å². The molecule has 6 nitrogen and oxygen atoms in total. The molecule has 0 saturated carbocycles. The highest BCUT2D eigenvalue weighted by Gasteiger charge is 2.12. The molecule has 20 heavy (non-hydrogen) atoms. The average Bonchev–Trinajstić information content (AvgIpc) is 2.80. The number of amides is 1. The van der Waals surface area contributed by atoms with E-state index in [4.69, 9.17) is 5.11 Å². The van der Waals surface area contributed by atoms with Crippen molar-refractivity contribution in [3.63, 3.8) is 0 Å². The van der Waals surface area contributed by atoms with Crippen molar-refractivity contribution in [3.8, 4) is 0 Å². The number of benzene rings is 1. The molecule has 1 aromatic heterocycles. The molecule has 0 aliphatic rings. The van der Waals surface area contributed by atoms with Gasteiger partial charge in [0.1, 0.15) is 12.4 Å². The lowest BCUT2D eigenvalue weighted by Crippen LogP contribution is -2.15. The van der Waals surface area contributed by atoms with Crippen LogP contribution in [0.15, 0.2) is 30.5 Å². The van der Waals surface area contributed by atoms with Crippen molar-refractivity contribution >= 4 is 17.6 Å². The van der Waals surface area contributed by atoms with Crippen molar-refractivity contribution in [1.29, 1.82) is 0 Å². The lowest BCUT2D eigenvalue weighted by atomic mass is 10.2. The van der Waals surface area contributed by atoms with Crippen molar-refractivity contribution in [1.82, 2.24) is 9.78 Å². The van der Waals surface area contributed by atoms with Crippen molar-refractivity contribution in [2.75, 3.05) is 5.32 Å². The minimum atomic E-state index is -1.05. The van der Waals surface area contributed by atoms with Crippen molar-refractivity contribution in [3.05, 3.63) is 47.5 Å². The van der Waals surface area contributed by atoms with Crippen LogP contribution in [-0.2, 0) is 11.3 Å². The van der Waals surface area contributed by atoms with E-state index in [1.807, 2.05) is 0 Å². The summed E-state index contributed by atoms with van der Waals surface area (Å²) < 4.78 is 14.1. The smallest absolute Gasteiger partial charge is 0.325 e. The Morgan fingerprint density at radius 2 is 2.15 bits per heavy atom. The van der Waals surface area contributed by atoms with Crippen LogP contribution in [0.3, 0.4) is 0 Å². The number of rotatable bonds is 4. The summed E-state index contributed by atoms with van der Waals surface area (Å²) >= 11 is 0. The summed E-state index contributed by atoms with van der Waals surface area (Å²) in [4.78, 5) is 22.4. The zero-order valence-electron chi connectivity index (χ0n) is 10.6. The number of nitrogens with one attached hydrogen (secondary N) is 1. The third kappa shape index (κ3) is 3.19. The molecule has 0 aliphatic heterocycles. The molecule has 0 fully saturated rings. The number of hydrogen-bond acceptors (Lipinski definition) is 3. The fraction of sp³-hybridized carbons (Fsp3) is 0.154. The molecule has 2 aromatic rings. The summed E-state index contributed by atoms with van der Waals surface area (Å²) in [6.45, 7) is 1.35. The molecule has 0 saturated heterocycles. The van der Waals surface area contributed by atoms with E-state index in [0.717, 1.165) is 4.68 Å². The lowest BCUT2D eigenvalue weighted by molar-refractivity contribution is -0.137. The third-order valence-electron chi connectivity index (χ3n) is 2.61. The summed E-state index contributed by atoms with van der Waals surface area (Å²) in [6, 6.07) is 5.41. The summed E-state index contributed by atoms with van der Waals surface area (Å²) in [5.74, 6) is -1.91. The standard InChI is InChI=1S/C13H12FN3O3/c1-8-6-9(14)2-3-10(8)15-13(20)11-4-5-17(16-11)7-12(18)19/h2-6H,7H2,1H3,(H,15,20)(H,18,19). The first-order valence-electron chi connectivity index (χ1n) is 5.78. The molecule has 1 aromatic carbocycles. The Labute approximate surface area is 113 Å². The van der Waals surface area contributed by atoms with Crippen LogP contribution < -0.4 is 5.32 Å².